The summed E-state index contributed by atoms with van der Waals surface area (Å²) in [6.07, 6.45) is 3.47. The van der Waals surface area contributed by atoms with Crippen molar-refractivity contribution >= 4 is 17.2 Å². The first kappa shape index (κ1) is 15.4. The second-order valence-corrected chi connectivity index (χ2v) is 6.46. The Bertz CT molecular complexity index is 836. The third-order valence-corrected chi connectivity index (χ3v) is 4.86. The molecule has 5 nitrogen and oxygen atoms in total. The fourth-order valence-corrected chi connectivity index (χ4v) is 3.57. The molecular weight excluding hydrogens is 308 g/mol. The number of carbonyl (C=O) groups excluding carboxylic acids is 1. The molecule has 0 fully saturated rings. The van der Waals surface area contributed by atoms with E-state index in [0.717, 1.165) is 27.4 Å². The molecule has 3 aromatic heterocycles. The SMILES string of the molecule is Cc1nn(C)c(C)c1-c1ccc(C(=O)NCc2cccnc2)s1. The third kappa shape index (κ3) is 3.17. The quantitative estimate of drug-likeness (QED) is 0.801. The number of aromatic nitrogens is 3. The van der Waals surface area contributed by atoms with Gasteiger partial charge in [-0.05, 0) is 37.6 Å². The van der Waals surface area contributed by atoms with E-state index in [4.69, 9.17) is 0 Å². The second kappa shape index (κ2) is 6.34. The van der Waals surface area contributed by atoms with Crippen molar-refractivity contribution in [3.8, 4) is 10.4 Å². The minimum atomic E-state index is -0.0655. The lowest BCUT2D eigenvalue weighted by molar-refractivity contribution is 0.0955. The lowest BCUT2D eigenvalue weighted by Crippen LogP contribution is -2.21. The summed E-state index contributed by atoms with van der Waals surface area (Å²) < 4.78 is 1.87. The normalized spacial score (nSPS) is 10.7. The summed E-state index contributed by atoms with van der Waals surface area (Å²) in [5.74, 6) is -0.0655. The van der Waals surface area contributed by atoms with E-state index >= 15 is 0 Å². The third-order valence-electron chi connectivity index (χ3n) is 3.76. The van der Waals surface area contributed by atoms with Gasteiger partial charge in [0.1, 0.15) is 0 Å². The molecule has 118 valence electrons. The number of hydrogen-bond donors (Lipinski definition) is 1. The number of nitrogens with one attached hydrogen (secondary N) is 1. The van der Waals surface area contributed by atoms with E-state index in [-0.39, 0.29) is 5.91 Å². The first-order valence-corrected chi connectivity index (χ1v) is 8.15. The number of aryl methyl sites for hydroxylation is 2. The van der Waals surface area contributed by atoms with Crippen LogP contribution in [0, 0.1) is 13.8 Å². The van der Waals surface area contributed by atoms with E-state index in [0.29, 0.717) is 11.4 Å². The molecule has 0 aliphatic carbocycles. The van der Waals surface area contributed by atoms with Gasteiger partial charge in [-0.15, -0.1) is 11.3 Å². The highest BCUT2D eigenvalue weighted by molar-refractivity contribution is 7.17. The molecule has 0 saturated heterocycles. The second-order valence-electron chi connectivity index (χ2n) is 5.38. The Morgan fingerprint density at radius 1 is 1.30 bits per heavy atom. The van der Waals surface area contributed by atoms with Gasteiger partial charge in [0.25, 0.3) is 5.91 Å². The zero-order valence-corrected chi connectivity index (χ0v) is 14.1. The van der Waals surface area contributed by atoms with Gasteiger partial charge in [0.15, 0.2) is 0 Å². The van der Waals surface area contributed by atoms with E-state index in [2.05, 4.69) is 15.4 Å². The smallest absolute Gasteiger partial charge is 0.261 e. The lowest BCUT2D eigenvalue weighted by atomic mass is 10.1. The molecule has 6 heteroatoms. The van der Waals surface area contributed by atoms with Crippen LogP contribution < -0.4 is 5.32 Å². The van der Waals surface area contributed by atoms with Crippen LogP contribution in [-0.2, 0) is 13.6 Å². The number of thiophene rings is 1. The first-order valence-electron chi connectivity index (χ1n) is 7.34. The Kier molecular flexibility index (Phi) is 4.25. The molecule has 0 unspecified atom stereocenters. The molecule has 0 saturated carbocycles. The lowest BCUT2D eigenvalue weighted by Gasteiger charge is -2.03. The molecule has 3 aromatic rings. The van der Waals surface area contributed by atoms with Crippen molar-refractivity contribution in [2.24, 2.45) is 7.05 Å². The van der Waals surface area contributed by atoms with E-state index < -0.39 is 0 Å². The standard InChI is InChI=1S/C17H18N4OS/c1-11-16(12(2)21(3)20-11)14-6-7-15(23-14)17(22)19-10-13-5-4-8-18-9-13/h4-9H,10H2,1-3H3,(H,19,22). The topological polar surface area (TPSA) is 59.8 Å². The molecule has 0 bridgehead atoms. The molecule has 0 spiro atoms. The highest BCUT2D eigenvalue weighted by Crippen LogP contribution is 2.32. The molecule has 0 aliphatic rings. The molecule has 23 heavy (non-hydrogen) atoms. The highest BCUT2D eigenvalue weighted by atomic mass is 32.1. The molecule has 0 aromatic carbocycles. The Hall–Kier alpha value is -2.47. The van der Waals surface area contributed by atoms with E-state index in [1.54, 1.807) is 12.4 Å². The first-order chi connectivity index (χ1) is 11.1. The van der Waals surface area contributed by atoms with Gasteiger partial charge in [0, 0.05) is 42.1 Å². The summed E-state index contributed by atoms with van der Waals surface area (Å²) >= 11 is 1.49. The van der Waals surface area contributed by atoms with E-state index in [9.17, 15) is 4.79 Å². The monoisotopic (exact) mass is 326 g/mol. The molecule has 0 atom stereocenters. The molecule has 1 amide bonds. The van der Waals surface area contributed by atoms with Crippen LogP contribution in [0.2, 0.25) is 0 Å². The number of hydrogen-bond acceptors (Lipinski definition) is 4. The maximum absolute atomic E-state index is 12.3. The zero-order chi connectivity index (χ0) is 16.4. The van der Waals surface area contributed by atoms with Crippen molar-refractivity contribution in [1.82, 2.24) is 20.1 Å². The summed E-state index contributed by atoms with van der Waals surface area (Å²) in [5, 5.41) is 7.36. The predicted octanol–water partition coefficient (Wildman–Crippen LogP) is 3.09. The highest BCUT2D eigenvalue weighted by Gasteiger charge is 2.16. The fourth-order valence-electron chi connectivity index (χ4n) is 2.50. The molecular formula is C17H18N4OS. The van der Waals surface area contributed by atoms with Crippen LogP contribution in [0.15, 0.2) is 36.7 Å². The van der Waals surface area contributed by atoms with Crippen LogP contribution >= 0.6 is 11.3 Å². The Labute approximate surface area is 139 Å². The van der Waals surface area contributed by atoms with Crippen LogP contribution in [0.4, 0.5) is 0 Å². The average Bonchev–Trinajstić information content (AvgIpc) is 3.11. The minimum absolute atomic E-state index is 0.0655. The zero-order valence-electron chi connectivity index (χ0n) is 13.3. The largest absolute Gasteiger partial charge is 0.347 e. The number of carbonyl (C=O) groups is 1. The fraction of sp³-hybridized carbons (Fsp3) is 0.235. The van der Waals surface area contributed by atoms with Crippen molar-refractivity contribution in [3.05, 3.63) is 58.5 Å². The number of rotatable bonds is 4. The molecule has 3 heterocycles. The maximum atomic E-state index is 12.3. The maximum Gasteiger partial charge on any atom is 0.261 e. The van der Waals surface area contributed by atoms with Crippen molar-refractivity contribution in [2.75, 3.05) is 0 Å². The summed E-state index contributed by atoms with van der Waals surface area (Å²) in [6, 6.07) is 7.65. The van der Waals surface area contributed by atoms with Crippen LogP contribution in [0.5, 0.6) is 0 Å². The van der Waals surface area contributed by atoms with Gasteiger partial charge in [-0.2, -0.15) is 5.10 Å². The Morgan fingerprint density at radius 2 is 2.13 bits per heavy atom. The summed E-state index contributed by atoms with van der Waals surface area (Å²) in [6.45, 7) is 4.51. The average molecular weight is 326 g/mol. The molecule has 0 aliphatic heterocycles. The van der Waals surface area contributed by atoms with Gasteiger partial charge in [0.2, 0.25) is 0 Å². The van der Waals surface area contributed by atoms with E-state index in [1.165, 1.54) is 11.3 Å². The Morgan fingerprint density at radius 3 is 2.78 bits per heavy atom. The van der Waals surface area contributed by atoms with Gasteiger partial charge < -0.3 is 5.32 Å². The van der Waals surface area contributed by atoms with Crippen LogP contribution in [0.25, 0.3) is 10.4 Å². The number of nitrogens with zero attached hydrogens (tertiary/aromatic N) is 3. The van der Waals surface area contributed by atoms with Crippen molar-refractivity contribution in [1.29, 1.82) is 0 Å². The van der Waals surface area contributed by atoms with Crippen LogP contribution in [-0.4, -0.2) is 20.7 Å². The van der Waals surface area contributed by atoms with Gasteiger partial charge in [0.05, 0.1) is 10.6 Å². The summed E-state index contributed by atoms with van der Waals surface area (Å²) in [5.41, 5.74) is 4.18. The minimum Gasteiger partial charge on any atom is -0.347 e. The number of amides is 1. The summed E-state index contributed by atoms with van der Waals surface area (Å²) in [7, 11) is 1.93. The van der Waals surface area contributed by atoms with Crippen molar-refractivity contribution < 1.29 is 4.79 Å². The van der Waals surface area contributed by atoms with Crippen LogP contribution in [0.3, 0.4) is 0 Å². The van der Waals surface area contributed by atoms with Gasteiger partial charge >= 0.3 is 0 Å². The van der Waals surface area contributed by atoms with Gasteiger partial charge in [-0.1, -0.05) is 6.07 Å². The molecule has 3 rings (SSSR count). The van der Waals surface area contributed by atoms with E-state index in [1.807, 2.05) is 49.8 Å². The van der Waals surface area contributed by atoms with Crippen LogP contribution in [0.1, 0.15) is 26.6 Å². The predicted molar refractivity (Wildman–Crippen MR) is 91.4 cm³/mol. The molecule has 0 radical (unpaired) electrons. The molecule has 1 N–H and O–H groups in total. The van der Waals surface area contributed by atoms with Gasteiger partial charge in [-0.25, -0.2) is 0 Å². The van der Waals surface area contributed by atoms with Gasteiger partial charge in [-0.3, -0.25) is 14.5 Å². The number of pyridine rings is 1. The summed E-state index contributed by atoms with van der Waals surface area (Å²) in [4.78, 5) is 18.1. The van der Waals surface area contributed by atoms with Crippen molar-refractivity contribution in [2.45, 2.75) is 20.4 Å². The Balaban J connectivity index is 1.75. The van der Waals surface area contributed by atoms with Crippen molar-refractivity contribution in [3.63, 3.8) is 0 Å².